The van der Waals surface area contributed by atoms with Crippen LogP contribution in [0.25, 0.3) is 11.1 Å². The Morgan fingerprint density at radius 3 is 2.61 bits per heavy atom. The SMILES string of the molecule is COCC1CCC(CC2=CCC(C)C=C2)N1Cc1ccc(C(=O)NC(CCSC)C(=O)O)c(-c2ccccc2C)c1. The van der Waals surface area contributed by atoms with E-state index in [0.717, 1.165) is 54.5 Å². The number of carbonyl (C=O) groups is 2. The second-order valence-electron chi connectivity index (χ2n) is 11.4. The number of ether oxygens (including phenoxy) is 1. The summed E-state index contributed by atoms with van der Waals surface area (Å²) in [6, 6.07) is 13.9. The van der Waals surface area contributed by atoms with Gasteiger partial charge in [0.1, 0.15) is 6.04 Å². The number of allylic oxidation sites excluding steroid dienone is 3. The summed E-state index contributed by atoms with van der Waals surface area (Å²) in [4.78, 5) is 27.9. The van der Waals surface area contributed by atoms with Gasteiger partial charge in [-0.15, -0.1) is 0 Å². The maximum atomic E-state index is 13.5. The van der Waals surface area contributed by atoms with Gasteiger partial charge in [-0.05, 0) is 91.3 Å². The molecule has 4 rings (SSSR count). The molecule has 41 heavy (non-hydrogen) atoms. The average molecular weight is 577 g/mol. The second-order valence-corrected chi connectivity index (χ2v) is 12.4. The van der Waals surface area contributed by atoms with E-state index < -0.39 is 12.0 Å². The highest BCUT2D eigenvalue weighted by molar-refractivity contribution is 7.98. The number of methoxy groups -OCH3 is 1. The predicted molar refractivity (Wildman–Crippen MR) is 168 cm³/mol. The zero-order chi connectivity index (χ0) is 29.4. The number of hydrogen-bond donors (Lipinski definition) is 2. The highest BCUT2D eigenvalue weighted by Gasteiger charge is 2.34. The van der Waals surface area contributed by atoms with Crippen molar-refractivity contribution in [3.8, 4) is 11.1 Å². The quantitative estimate of drug-likeness (QED) is 0.284. The summed E-state index contributed by atoms with van der Waals surface area (Å²) < 4.78 is 5.62. The smallest absolute Gasteiger partial charge is 0.326 e. The molecular formula is C34H44N2O4S. The van der Waals surface area contributed by atoms with E-state index >= 15 is 0 Å². The van der Waals surface area contributed by atoms with E-state index in [9.17, 15) is 14.7 Å². The number of nitrogens with zero attached hydrogens (tertiary/aromatic N) is 1. The van der Waals surface area contributed by atoms with E-state index in [-0.39, 0.29) is 5.91 Å². The number of benzene rings is 2. The molecule has 2 aromatic carbocycles. The Labute approximate surface area is 249 Å². The van der Waals surface area contributed by atoms with Crippen molar-refractivity contribution in [2.24, 2.45) is 5.92 Å². The minimum Gasteiger partial charge on any atom is -0.480 e. The number of hydrogen-bond acceptors (Lipinski definition) is 5. The molecule has 4 atom stereocenters. The molecule has 6 nitrogen and oxygen atoms in total. The largest absolute Gasteiger partial charge is 0.480 e. The molecule has 1 fully saturated rings. The zero-order valence-electron chi connectivity index (χ0n) is 24.8. The number of carboxylic acids is 1. The summed E-state index contributed by atoms with van der Waals surface area (Å²) in [5.74, 6) is -0.105. The van der Waals surface area contributed by atoms with E-state index in [2.05, 4.69) is 41.4 Å². The number of carboxylic acid groups (broad SMARTS) is 1. The van der Waals surface area contributed by atoms with Crippen molar-refractivity contribution in [3.05, 3.63) is 83.0 Å². The first-order valence-electron chi connectivity index (χ1n) is 14.6. The van der Waals surface area contributed by atoms with Gasteiger partial charge in [0, 0.05) is 31.3 Å². The lowest BCUT2D eigenvalue weighted by Gasteiger charge is -2.31. The molecule has 1 aliphatic carbocycles. The highest BCUT2D eigenvalue weighted by Crippen LogP contribution is 2.34. The molecule has 220 valence electrons. The van der Waals surface area contributed by atoms with Crippen molar-refractivity contribution < 1.29 is 19.4 Å². The van der Waals surface area contributed by atoms with Crippen LogP contribution in [0.15, 0.2) is 66.3 Å². The summed E-state index contributed by atoms with van der Waals surface area (Å²) in [7, 11) is 1.77. The van der Waals surface area contributed by atoms with Gasteiger partial charge in [-0.3, -0.25) is 9.69 Å². The molecule has 1 aliphatic heterocycles. The van der Waals surface area contributed by atoms with E-state index in [4.69, 9.17) is 4.74 Å². The Morgan fingerprint density at radius 1 is 1.15 bits per heavy atom. The van der Waals surface area contributed by atoms with Gasteiger partial charge in [0.25, 0.3) is 5.91 Å². The van der Waals surface area contributed by atoms with Crippen LogP contribution in [-0.2, 0) is 16.1 Å². The molecule has 0 spiro atoms. The van der Waals surface area contributed by atoms with Crippen molar-refractivity contribution in [1.29, 1.82) is 0 Å². The minimum atomic E-state index is -1.01. The third kappa shape index (κ3) is 8.12. The third-order valence-electron chi connectivity index (χ3n) is 8.34. The summed E-state index contributed by atoms with van der Waals surface area (Å²) >= 11 is 1.57. The standard InChI is InChI=1S/C34H44N2O4S/c1-23-9-11-25(12-10-23)19-27-14-15-28(22-40-3)36(27)21-26-13-16-30(31(20-26)29-8-6-5-7-24(29)2)33(37)35-32(34(38)39)17-18-41-4/h5-9,11-13,16,20,23,27-28,32H,10,14-15,17-19,21-22H2,1-4H3,(H,35,37)(H,38,39). The summed E-state index contributed by atoms with van der Waals surface area (Å²) in [6.45, 7) is 5.75. The number of aryl methyl sites for hydroxylation is 1. The Kier molecular flexibility index (Phi) is 11.3. The lowest BCUT2D eigenvalue weighted by molar-refractivity contribution is -0.139. The van der Waals surface area contributed by atoms with E-state index in [0.29, 0.717) is 42.3 Å². The Balaban J connectivity index is 1.63. The van der Waals surface area contributed by atoms with Crippen LogP contribution < -0.4 is 5.32 Å². The first-order chi connectivity index (χ1) is 19.8. The van der Waals surface area contributed by atoms with Crippen LogP contribution in [0.2, 0.25) is 0 Å². The maximum Gasteiger partial charge on any atom is 0.326 e. The van der Waals surface area contributed by atoms with Crippen LogP contribution in [0, 0.1) is 12.8 Å². The van der Waals surface area contributed by atoms with Gasteiger partial charge in [-0.25, -0.2) is 4.79 Å². The Morgan fingerprint density at radius 2 is 1.93 bits per heavy atom. The number of amides is 1. The molecule has 0 radical (unpaired) electrons. The van der Waals surface area contributed by atoms with Crippen LogP contribution in [-0.4, -0.2) is 65.7 Å². The van der Waals surface area contributed by atoms with Crippen LogP contribution in [0.5, 0.6) is 0 Å². The molecule has 7 heteroatoms. The molecule has 1 saturated heterocycles. The van der Waals surface area contributed by atoms with Crippen LogP contribution in [0.1, 0.15) is 60.5 Å². The number of likely N-dealkylation sites (tertiary alicyclic amines) is 1. The van der Waals surface area contributed by atoms with Gasteiger partial charge in [0.15, 0.2) is 0 Å². The van der Waals surface area contributed by atoms with Crippen molar-refractivity contribution in [2.75, 3.05) is 25.7 Å². The summed E-state index contributed by atoms with van der Waals surface area (Å²) in [6.07, 6.45) is 13.7. The molecule has 2 aliphatic rings. The van der Waals surface area contributed by atoms with E-state index in [1.807, 2.05) is 49.6 Å². The van der Waals surface area contributed by atoms with E-state index in [1.54, 1.807) is 18.9 Å². The summed E-state index contributed by atoms with van der Waals surface area (Å²) in [5.41, 5.74) is 5.92. The lowest BCUT2D eigenvalue weighted by atomic mass is 9.92. The number of thioether (sulfide) groups is 1. The van der Waals surface area contributed by atoms with Gasteiger partial charge in [0.05, 0.1) is 6.61 Å². The number of nitrogens with one attached hydrogen (secondary N) is 1. The topological polar surface area (TPSA) is 78.9 Å². The molecule has 1 amide bonds. The van der Waals surface area contributed by atoms with Gasteiger partial charge in [-0.2, -0.15) is 11.8 Å². The number of aliphatic carboxylic acids is 1. The fraction of sp³-hybridized carbons (Fsp3) is 0.471. The molecule has 0 saturated carbocycles. The highest BCUT2D eigenvalue weighted by atomic mass is 32.2. The van der Waals surface area contributed by atoms with Crippen molar-refractivity contribution in [1.82, 2.24) is 10.2 Å². The first-order valence-corrected chi connectivity index (χ1v) is 16.0. The first kappa shape index (κ1) is 31.1. The molecule has 2 N–H and O–H groups in total. The molecular weight excluding hydrogens is 532 g/mol. The molecule has 0 bridgehead atoms. The molecule has 2 aromatic rings. The van der Waals surface area contributed by atoms with Crippen LogP contribution >= 0.6 is 11.8 Å². The number of carbonyl (C=O) groups excluding carboxylic acids is 1. The third-order valence-corrected chi connectivity index (χ3v) is 8.98. The second kappa shape index (κ2) is 14.9. The zero-order valence-corrected chi connectivity index (χ0v) is 25.6. The fourth-order valence-electron chi connectivity index (χ4n) is 5.98. The van der Waals surface area contributed by atoms with Gasteiger partial charge < -0.3 is 15.2 Å². The van der Waals surface area contributed by atoms with Crippen molar-refractivity contribution in [3.63, 3.8) is 0 Å². The lowest BCUT2D eigenvalue weighted by Crippen LogP contribution is -2.41. The van der Waals surface area contributed by atoms with E-state index in [1.165, 1.54) is 5.57 Å². The summed E-state index contributed by atoms with van der Waals surface area (Å²) in [5, 5.41) is 12.5. The molecule has 0 aromatic heterocycles. The van der Waals surface area contributed by atoms with Gasteiger partial charge in [0.2, 0.25) is 0 Å². The molecule has 1 heterocycles. The van der Waals surface area contributed by atoms with Crippen molar-refractivity contribution >= 4 is 23.6 Å². The normalized spacial score (nSPS) is 21.5. The maximum absolute atomic E-state index is 13.5. The van der Waals surface area contributed by atoms with Crippen LogP contribution in [0.4, 0.5) is 0 Å². The van der Waals surface area contributed by atoms with Gasteiger partial charge in [-0.1, -0.05) is 61.1 Å². The average Bonchev–Trinajstić information content (AvgIpc) is 3.32. The van der Waals surface area contributed by atoms with Crippen LogP contribution in [0.3, 0.4) is 0 Å². The van der Waals surface area contributed by atoms with Gasteiger partial charge >= 0.3 is 5.97 Å². The molecule has 4 unspecified atom stereocenters. The Hall–Kier alpha value is -2.87. The van der Waals surface area contributed by atoms with Crippen molar-refractivity contribution in [2.45, 2.75) is 70.6 Å². The fourth-order valence-corrected chi connectivity index (χ4v) is 6.46. The minimum absolute atomic E-state index is 0.342. The Bertz CT molecular complexity index is 1270. The monoisotopic (exact) mass is 576 g/mol. The number of rotatable bonds is 13. The predicted octanol–water partition coefficient (Wildman–Crippen LogP) is 6.49.